The second-order valence-corrected chi connectivity index (χ2v) is 4.77. The van der Waals surface area contributed by atoms with Gasteiger partial charge in [0.25, 0.3) is 5.91 Å². The molecule has 0 saturated carbocycles. The smallest absolute Gasteiger partial charge is 0.257 e. The van der Waals surface area contributed by atoms with Crippen LogP contribution in [-0.2, 0) is 0 Å². The van der Waals surface area contributed by atoms with E-state index in [-0.39, 0.29) is 11.9 Å². The van der Waals surface area contributed by atoms with Gasteiger partial charge < -0.3 is 9.32 Å². The van der Waals surface area contributed by atoms with Crippen molar-refractivity contribution in [3.05, 3.63) is 24.2 Å². The average molecular weight is 261 g/mol. The van der Waals surface area contributed by atoms with E-state index in [4.69, 9.17) is 9.68 Å². The number of nitrogens with zero attached hydrogens (tertiary/aromatic N) is 3. The molecule has 5 heteroatoms. The third-order valence-corrected chi connectivity index (χ3v) is 3.52. The second kappa shape index (κ2) is 6.39. The molecule has 1 aromatic rings. The Balaban J connectivity index is 1.89. The molecule has 0 N–H and O–H groups in total. The lowest BCUT2D eigenvalue weighted by atomic mass is 10.1. The lowest BCUT2D eigenvalue weighted by molar-refractivity contribution is 0.0600. The van der Waals surface area contributed by atoms with Crippen LogP contribution in [-0.4, -0.2) is 47.9 Å². The highest BCUT2D eigenvalue weighted by Crippen LogP contribution is 2.13. The fraction of sp³-hybridized carbons (Fsp3) is 0.571. The highest BCUT2D eigenvalue weighted by Gasteiger charge is 2.26. The van der Waals surface area contributed by atoms with E-state index in [2.05, 4.69) is 17.9 Å². The van der Waals surface area contributed by atoms with E-state index in [1.165, 1.54) is 12.5 Å². The van der Waals surface area contributed by atoms with E-state index in [0.29, 0.717) is 18.7 Å². The first kappa shape index (κ1) is 13.6. The number of nitriles is 1. The summed E-state index contributed by atoms with van der Waals surface area (Å²) in [6.07, 6.45) is 4.89. The summed E-state index contributed by atoms with van der Waals surface area (Å²) in [6, 6.07) is 4.02. The first-order valence-electron chi connectivity index (χ1n) is 6.71. The maximum absolute atomic E-state index is 12.1. The van der Waals surface area contributed by atoms with Crippen molar-refractivity contribution in [3.8, 4) is 6.07 Å². The summed E-state index contributed by atoms with van der Waals surface area (Å²) in [7, 11) is 0. The van der Waals surface area contributed by atoms with Crippen LogP contribution in [0.15, 0.2) is 23.0 Å². The van der Waals surface area contributed by atoms with Crippen LogP contribution in [0.3, 0.4) is 0 Å². The third-order valence-electron chi connectivity index (χ3n) is 3.52. The van der Waals surface area contributed by atoms with Crippen molar-refractivity contribution in [2.45, 2.75) is 25.8 Å². The van der Waals surface area contributed by atoms with Gasteiger partial charge in [0.15, 0.2) is 0 Å². The van der Waals surface area contributed by atoms with E-state index in [1.807, 2.05) is 4.90 Å². The molecule has 2 heterocycles. The number of carbonyl (C=O) groups excluding carboxylic acids is 1. The molecule has 1 aromatic heterocycles. The summed E-state index contributed by atoms with van der Waals surface area (Å²) >= 11 is 0. The highest BCUT2D eigenvalue weighted by atomic mass is 16.3. The van der Waals surface area contributed by atoms with Gasteiger partial charge in [-0.25, -0.2) is 0 Å². The Morgan fingerprint density at radius 2 is 2.21 bits per heavy atom. The maximum Gasteiger partial charge on any atom is 0.257 e. The summed E-state index contributed by atoms with van der Waals surface area (Å²) in [5, 5.41) is 9.15. The van der Waals surface area contributed by atoms with Gasteiger partial charge in [0.1, 0.15) is 6.26 Å². The molecule has 1 aliphatic heterocycles. The standard InChI is InChI=1S/C14H19N3O2/c1-2-3-13(10-15)16-5-7-17(8-6-16)14(18)12-4-9-19-11-12/h4,9,11,13H,2-3,5-8H2,1H3. The van der Waals surface area contributed by atoms with Crippen molar-refractivity contribution in [2.24, 2.45) is 0 Å². The van der Waals surface area contributed by atoms with Gasteiger partial charge in [0.05, 0.1) is 23.9 Å². The highest BCUT2D eigenvalue weighted by molar-refractivity contribution is 5.93. The van der Waals surface area contributed by atoms with Crippen LogP contribution in [0.2, 0.25) is 0 Å². The number of carbonyl (C=O) groups is 1. The van der Waals surface area contributed by atoms with Crippen LogP contribution in [0.5, 0.6) is 0 Å². The number of hydrogen-bond acceptors (Lipinski definition) is 4. The molecule has 19 heavy (non-hydrogen) atoms. The number of hydrogen-bond donors (Lipinski definition) is 0. The summed E-state index contributed by atoms with van der Waals surface area (Å²) < 4.78 is 4.93. The Hall–Kier alpha value is -1.80. The molecule has 0 radical (unpaired) electrons. The first-order chi connectivity index (χ1) is 9.26. The second-order valence-electron chi connectivity index (χ2n) is 4.77. The maximum atomic E-state index is 12.1. The number of piperazine rings is 1. The molecule has 1 atom stereocenters. The van der Waals surface area contributed by atoms with Gasteiger partial charge in [-0.15, -0.1) is 0 Å². The van der Waals surface area contributed by atoms with Crippen molar-refractivity contribution in [2.75, 3.05) is 26.2 Å². The summed E-state index contributed by atoms with van der Waals surface area (Å²) in [4.78, 5) is 16.1. The summed E-state index contributed by atoms with van der Waals surface area (Å²) in [5.74, 6) is 0.0115. The van der Waals surface area contributed by atoms with Crippen molar-refractivity contribution in [1.29, 1.82) is 5.26 Å². The molecule has 1 fully saturated rings. The Bertz CT molecular complexity index is 442. The zero-order valence-corrected chi connectivity index (χ0v) is 11.2. The minimum absolute atomic E-state index is 0.0115. The van der Waals surface area contributed by atoms with E-state index in [1.54, 1.807) is 6.07 Å². The van der Waals surface area contributed by atoms with Crippen molar-refractivity contribution in [3.63, 3.8) is 0 Å². The molecule has 1 aliphatic rings. The van der Waals surface area contributed by atoms with E-state index in [9.17, 15) is 4.79 Å². The molecule has 5 nitrogen and oxygen atoms in total. The van der Waals surface area contributed by atoms with Crippen LogP contribution >= 0.6 is 0 Å². The summed E-state index contributed by atoms with van der Waals surface area (Å²) in [6.45, 7) is 4.96. The number of rotatable bonds is 4. The first-order valence-corrected chi connectivity index (χ1v) is 6.71. The van der Waals surface area contributed by atoms with Crippen LogP contribution in [0.4, 0.5) is 0 Å². The lowest BCUT2D eigenvalue weighted by Gasteiger charge is -2.36. The number of furan rings is 1. The summed E-state index contributed by atoms with van der Waals surface area (Å²) in [5.41, 5.74) is 0.596. The molecule has 0 aromatic carbocycles. The minimum Gasteiger partial charge on any atom is -0.472 e. The van der Waals surface area contributed by atoms with Gasteiger partial charge in [-0.2, -0.15) is 5.26 Å². The van der Waals surface area contributed by atoms with E-state index < -0.39 is 0 Å². The van der Waals surface area contributed by atoms with Gasteiger partial charge >= 0.3 is 0 Å². The van der Waals surface area contributed by atoms with Gasteiger partial charge in [-0.1, -0.05) is 13.3 Å². The fourth-order valence-electron chi connectivity index (χ4n) is 2.41. The quantitative estimate of drug-likeness (QED) is 0.828. The van der Waals surface area contributed by atoms with Gasteiger partial charge in [0, 0.05) is 26.2 Å². The van der Waals surface area contributed by atoms with E-state index in [0.717, 1.165) is 25.9 Å². The zero-order chi connectivity index (χ0) is 13.7. The molecule has 0 spiro atoms. The fourth-order valence-corrected chi connectivity index (χ4v) is 2.41. The van der Waals surface area contributed by atoms with Crippen molar-refractivity contribution in [1.82, 2.24) is 9.80 Å². The Morgan fingerprint density at radius 3 is 2.74 bits per heavy atom. The molecular formula is C14H19N3O2. The topological polar surface area (TPSA) is 60.5 Å². The SMILES string of the molecule is CCCC(C#N)N1CCN(C(=O)c2ccoc2)CC1. The molecular weight excluding hydrogens is 242 g/mol. The van der Waals surface area contributed by atoms with Crippen molar-refractivity contribution >= 4 is 5.91 Å². The van der Waals surface area contributed by atoms with Crippen LogP contribution in [0, 0.1) is 11.3 Å². The van der Waals surface area contributed by atoms with Gasteiger partial charge in [-0.3, -0.25) is 9.69 Å². The Labute approximate surface area is 113 Å². The Kier molecular flexibility index (Phi) is 4.58. The molecule has 1 saturated heterocycles. The van der Waals surface area contributed by atoms with Crippen LogP contribution in [0.1, 0.15) is 30.1 Å². The zero-order valence-electron chi connectivity index (χ0n) is 11.2. The van der Waals surface area contributed by atoms with Crippen LogP contribution in [0.25, 0.3) is 0 Å². The van der Waals surface area contributed by atoms with E-state index >= 15 is 0 Å². The predicted octanol–water partition coefficient (Wildman–Crippen LogP) is 1.73. The number of amides is 1. The van der Waals surface area contributed by atoms with Crippen molar-refractivity contribution < 1.29 is 9.21 Å². The largest absolute Gasteiger partial charge is 0.472 e. The third kappa shape index (κ3) is 3.15. The van der Waals surface area contributed by atoms with Gasteiger partial charge in [-0.05, 0) is 12.5 Å². The minimum atomic E-state index is -0.0174. The lowest BCUT2D eigenvalue weighted by Crippen LogP contribution is -2.51. The van der Waals surface area contributed by atoms with Crippen LogP contribution < -0.4 is 0 Å². The molecule has 0 aliphatic carbocycles. The molecule has 1 amide bonds. The molecule has 2 rings (SSSR count). The normalized spacial score (nSPS) is 18.0. The molecule has 102 valence electrons. The predicted molar refractivity (Wildman–Crippen MR) is 70.5 cm³/mol. The monoisotopic (exact) mass is 261 g/mol. The van der Waals surface area contributed by atoms with Gasteiger partial charge in [0.2, 0.25) is 0 Å². The Morgan fingerprint density at radius 1 is 1.47 bits per heavy atom. The molecule has 0 bridgehead atoms. The average Bonchev–Trinajstić information content (AvgIpc) is 2.98. The molecule has 1 unspecified atom stereocenters.